The van der Waals surface area contributed by atoms with Crippen molar-refractivity contribution < 1.29 is 14.1 Å². The quantitative estimate of drug-likeness (QED) is 0.594. The van der Waals surface area contributed by atoms with E-state index in [1.807, 2.05) is 0 Å². The number of rotatable bonds is 3. The minimum atomic E-state index is -0.530. The highest BCUT2D eigenvalue weighted by molar-refractivity contribution is 6.03. The van der Waals surface area contributed by atoms with Crippen LogP contribution in [0.15, 0.2) is 42.7 Å². The molecule has 0 fully saturated rings. The van der Waals surface area contributed by atoms with Gasteiger partial charge in [0.05, 0.1) is 16.2 Å². The number of anilines is 1. The minimum absolute atomic E-state index is 0.0835. The molecule has 0 aliphatic heterocycles. The highest BCUT2D eigenvalue weighted by Crippen LogP contribution is 2.25. The van der Waals surface area contributed by atoms with Gasteiger partial charge >= 0.3 is 0 Å². The van der Waals surface area contributed by atoms with E-state index in [-0.39, 0.29) is 11.4 Å². The van der Waals surface area contributed by atoms with Gasteiger partial charge in [-0.3, -0.25) is 14.9 Å². The van der Waals surface area contributed by atoms with Crippen LogP contribution >= 0.6 is 0 Å². The monoisotopic (exact) mass is 314 g/mol. The number of fused-ring (bicyclic) bond motifs is 1. The molecule has 1 amide bonds. The summed E-state index contributed by atoms with van der Waals surface area (Å²) < 4.78 is 14.5. The van der Waals surface area contributed by atoms with E-state index in [2.05, 4.69) is 10.3 Å². The van der Waals surface area contributed by atoms with Gasteiger partial charge in [0.2, 0.25) is 0 Å². The summed E-state index contributed by atoms with van der Waals surface area (Å²) in [5, 5.41) is 13.5. The summed E-state index contributed by atoms with van der Waals surface area (Å²) in [7, 11) is 0. The number of nitro groups is 1. The molecule has 2 heterocycles. The fourth-order valence-electron chi connectivity index (χ4n) is 2.22. The molecule has 8 heteroatoms. The lowest BCUT2D eigenvalue weighted by Gasteiger charge is -2.06. The van der Waals surface area contributed by atoms with Gasteiger partial charge in [0.15, 0.2) is 0 Å². The Balaban J connectivity index is 1.92. The van der Waals surface area contributed by atoms with E-state index in [1.165, 1.54) is 41.1 Å². The average molecular weight is 314 g/mol. The summed E-state index contributed by atoms with van der Waals surface area (Å²) in [6.45, 7) is 1.55. The van der Waals surface area contributed by atoms with Crippen LogP contribution in [0.25, 0.3) is 5.65 Å². The Hall–Kier alpha value is -3.29. The Bertz CT molecular complexity index is 936. The number of amides is 1. The standard InChI is InChI=1S/C15H11FN4O3/c1-9-11(3-2-4-13(9)20(22)23)18-15(21)12-8-19-7-10(16)5-6-14(19)17-12/h2-8H,1H3,(H,18,21). The predicted octanol–water partition coefficient (Wildman–Crippen LogP) is 2.94. The molecular formula is C15H11FN4O3. The van der Waals surface area contributed by atoms with Gasteiger partial charge in [0.1, 0.15) is 17.2 Å². The zero-order chi connectivity index (χ0) is 16.6. The topological polar surface area (TPSA) is 89.5 Å². The lowest BCUT2D eigenvalue weighted by molar-refractivity contribution is -0.385. The van der Waals surface area contributed by atoms with E-state index in [4.69, 9.17) is 0 Å². The van der Waals surface area contributed by atoms with Gasteiger partial charge in [-0.05, 0) is 25.1 Å². The summed E-state index contributed by atoms with van der Waals surface area (Å²) in [5.74, 6) is -0.978. The number of nitro benzene ring substituents is 1. The third-order valence-corrected chi connectivity index (χ3v) is 3.40. The SMILES string of the molecule is Cc1c(NC(=O)c2cn3cc(F)ccc3n2)cccc1[N+](=O)[O-]. The van der Waals surface area contributed by atoms with Crippen molar-refractivity contribution in [1.29, 1.82) is 0 Å². The third kappa shape index (κ3) is 2.73. The second-order valence-corrected chi connectivity index (χ2v) is 4.90. The summed E-state index contributed by atoms with van der Waals surface area (Å²) in [5.41, 5.74) is 1.10. The van der Waals surface area contributed by atoms with Crippen LogP contribution in [0.3, 0.4) is 0 Å². The lowest BCUT2D eigenvalue weighted by Crippen LogP contribution is -2.13. The molecule has 0 unspecified atom stereocenters. The molecule has 0 radical (unpaired) electrons. The first kappa shape index (κ1) is 14.6. The second-order valence-electron chi connectivity index (χ2n) is 4.90. The predicted molar refractivity (Wildman–Crippen MR) is 80.9 cm³/mol. The number of aromatic nitrogens is 2. The Labute approximate surface area is 129 Å². The van der Waals surface area contributed by atoms with Gasteiger partial charge in [-0.25, -0.2) is 9.37 Å². The molecule has 0 saturated heterocycles. The number of carbonyl (C=O) groups excluding carboxylic acids is 1. The second kappa shape index (κ2) is 5.48. The molecule has 116 valence electrons. The first-order valence-corrected chi connectivity index (χ1v) is 6.65. The molecule has 2 aromatic heterocycles. The van der Waals surface area contributed by atoms with Gasteiger partial charge in [-0.1, -0.05) is 6.07 Å². The van der Waals surface area contributed by atoms with Crippen LogP contribution in [0.2, 0.25) is 0 Å². The summed E-state index contributed by atoms with van der Waals surface area (Å²) in [4.78, 5) is 26.7. The fourth-order valence-corrected chi connectivity index (χ4v) is 2.22. The van der Waals surface area contributed by atoms with E-state index in [9.17, 15) is 19.3 Å². The normalized spacial score (nSPS) is 10.7. The highest BCUT2D eigenvalue weighted by atomic mass is 19.1. The number of nitrogens with one attached hydrogen (secondary N) is 1. The van der Waals surface area contributed by atoms with E-state index >= 15 is 0 Å². The van der Waals surface area contributed by atoms with E-state index in [0.29, 0.717) is 16.9 Å². The number of hydrogen-bond acceptors (Lipinski definition) is 4. The molecular weight excluding hydrogens is 303 g/mol. The maximum absolute atomic E-state index is 13.2. The zero-order valence-electron chi connectivity index (χ0n) is 12.0. The van der Waals surface area contributed by atoms with Crippen molar-refractivity contribution in [2.45, 2.75) is 6.92 Å². The summed E-state index contributed by atoms with van der Waals surface area (Å²) >= 11 is 0. The van der Waals surface area contributed by atoms with Crippen LogP contribution < -0.4 is 5.32 Å². The van der Waals surface area contributed by atoms with Gasteiger partial charge in [0.25, 0.3) is 11.6 Å². The van der Waals surface area contributed by atoms with Gasteiger partial charge in [-0.2, -0.15) is 0 Å². The Morgan fingerprint density at radius 2 is 2.09 bits per heavy atom. The number of carbonyl (C=O) groups is 1. The molecule has 1 aromatic carbocycles. The van der Waals surface area contributed by atoms with Crippen LogP contribution in [-0.2, 0) is 0 Å². The van der Waals surface area contributed by atoms with Crippen LogP contribution in [0.5, 0.6) is 0 Å². The zero-order valence-corrected chi connectivity index (χ0v) is 12.0. The number of hydrogen-bond donors (Lipinski definition) is 1. The molecule has 0 saturated carbocycles. The van der Waals surface area contributed by atoms with Gasteiger partial charge in [-0.15, -0.1) is 0 Å². The van der Waals surface area contributed by atoms with Crippen molar-refractivity contribution in [2.24, 2.45) is 0 Å². The highest BCUT2D eigenvalue weighted by Gasteiger charge is 2.17. The molecule has 0 atom stereocenters. The number of nitrogens with zero attached hydrogens (tertiary/aromatic N) is 3. The maximum atomic E-state index is 13.2. The molecule has 0 spiro atoms. The molecule has 3 aromatic rings. The number of imidazole rings is 1. The Morgan fingerprint density at radius 3 is 2.83 bits per heavy atom. The third-order valence-electron chi connectivity index (χ3n) is 3.40. The van der Waals surface area contributed by atoms with Crippen molar-refractivity contribution in [2.75, 3.05) is 5.32 Å². The van der Waals surface area contributed by atoms with Crippen LogP contribution in [-0.4, -0.2) is 20.2 Å². The van der Waals surface area contributed by atoms with E-state index < -0.39 is 16.6 Å². The first-order chi connectivity index (χ1) is 11.0. The molecule has 0 aliphatic rings. The average Bonchev–Trinajstić information content (AvgIpc) is 2.92. The molecule has 0 bridgehead atoms. The molecule has 1 N–H and O–H groups in total. The minimum Gasteiger partial charge on any atom is -0.320 e. The largest absolute Gasteiger partial charge is 0.320 e. The lowest BCUT2D eigenvalue weighted by atomic mass is 10.1. The van der Waals surface area contributed by atoms with Gasteiger partial charge in [0, 0.05) is 18.5 Å². The van der Waals surface area contributed by atoms with Crippen molar-refractivity contribution in [1.82, 2.24) is 9.38 Å². The molecule has 3 rings (SSSR count). The fraction of sp³-hybridized carbons (Fsp3) is 0.0667. The van der Waals surface area contributed by atoms with Gasteiger partial charge < -0.3 is 9.72 Å². The summed E-state index contributed by atoms with van der Waals surface area (Å²) in [6, 6.07) is 7.10. The molecule has 7 nitrogen and oxygen atoms in total. The van der Waals surface area contributed by atoms with E-state index in [0.717, 1.165) is 0 Å². The first-order valence-electron chi connectivity index (χ1n) is 6.65. The molecule has 23 heavy (non-hydrogen) atoms. The summed E-state index contributed by atoms with van der Waals surface area (Å²) in [6.07, 6.45) is 2.60. The smallest absolute Gasteiger partial charge is 0.275 e. The number of halogens is 1. The Kier molecular flexibility index (Phi) is 3.49. The Morgan fingerprint density at radius 1 is 1.30 bits per heavy atom. The van der Waals surface area contributed by atoms with Crippen molar-refractivity contribution >= 4 is 22.9 Å². The van der Waals surface area contributed by atoms with E-state index in [1.54, 1.807) is 13.0 Å². The molecule has 0 aliphatic carbocycles. The van der Waals surface area contributed by atoms with Crippen molar-refractivity contribution in [3.63, 3.8) is 0 Å². The van der Waals surface area contributed by atoms with Crippen LogP contribution in [0.1, 0.15) is 16.1 Å². The van der Waals surface area contributed by atoms with Crippen LogP contribution in [0.4, 0.5) is 15.8 Å². The number of benzene rings is 1. The van der Waals surface area contributed by atoms with Crippen LogP contribution in [0, 0.1) is 22.9 Å². The number of pyridine rings is 1. The van der Waals surface area contributed by atoms with Crippen molar-refractivity contribution in [3.05, 3.63) is 69.9 Å². The maximum Gasteiger partial charge on any atom is 0.275 e. The van der Waals surface area contributed by atoms with Crippen molar-refractivity contribution in [3.8, 4) is 0 Å².